The van der Waals surface area contributed by atoms with E-state index < -0.39 is 10.0 Å². The van der Waals surface area contributed by atoms with Gasteiger partial charge in [-0.3, -0.25) is 0 Å². The van der Waals surface area contributed by atoms with Gasteiger partial charge in [-0.1, -0.05) is 30.3 Å². The average molecular weight is 341 g/mol. The topological polar surface area (TPSA) is 64.4 Å². The highest BCUT2D eigenvalue weighted by molar-refractivity contribution is 7.89. The minimum Gasteiger partial charge on any atom is -0.366 e. The largest absolute Gasteiger partial charge is 0.366 e. The maximum absolute atomic E-state index is 12.9. The maximum atomic E-state index is 12.9. The predicted molar refractivity (Wildman–Crippen MR) is 93.2 cm³/mol. The second kappa shape index (κ2) is 6.63. The highest BCUT2D eigenvalue weighted by Gasteiger charge is 2.33. The van der Waals surface area contributed by atoms with E-state index in [2.05, 4.69) is 4.90 Å². The number of hydrogen-bond acceptors (Lipinski definition) is 4. The van der Waals surface area contributed by atoms with Crippen LogP contribution in [0.5, 0.6) is 0 Å². The summed E-state index contributed by atoms with van der Waals surface area (Å²) in [7, 11) is -3.66. The highest BCUT2D eigenvalue weighted by Crippen LogP contribution is 2.25. The molecule has 3 rings (SSSR count). The normalized spacial score (nSPS) is 19.0. The maximum Gasteiger partial charge on any atom is 0.244 e. The Kier molecular flexibility index (Phi) is 4.56. The van der Waals surface area contributed by atoms with E-state index in [1.807, 2.05) is 43.3 Å². The van der Waals surface area contributed by atoms with E-state index in [4.69, 9.17) is 0 Å². The first-order chi connectivity index (χ1) is 11.5. The highest BCUT2D eigenvalue weighted by atomic mass is 32.2. The molecular weight excluding hydrogens is 322 g/mol. The van der Waals surface area contributed by atoms with Crippen LogP contribution in [0.25, 0.3) is 0 Å². The molecule has 0 aliphatic carbocycles. The van der Waals surface area contributed by atoms with Crippen molar-refractivity contribution in [2.45, 2.75) is 17.9 Å². The Labute approximate surface area is 142 Å². The molecule has 1 saturated heterocycles. The summed E-state index contributed by atoms with van der Waals surface area (Å²) in [6.07, 6.45) is 0. The van der Waals surface area contributed by atoms with Crippen molar-refractivity contribution >= 4 is 15.7 Å². The Morgan fingerprint density at radius 3 is 2.38 bits per heavy atom. The SMILES string of the molecule is CC1CN(S(=O)(=O)c2ccccc2C#N)CCN1c1ccccc1. The third-order valence-corrected chi connectivity index (χ3v) is 6.23. The molecule has 2 aromatic rings. The Hall–Kier alpha value is -2.36. The van der Waals surface area contributed by atoms with Gasteiger partial charge >= 0.3 is 0 Å². The lowest BCUT2D eigenvalue weighted by molar-refractivity contribution is 0.342. The molecule has 2 aromatic carbocycles. The van der Waals surface area contributed by atoms with Crippen molar-refractivity contribution < 1.29 is 8.42 Å². The number of hydrogen-bond donors (Lipinski definition) is 0. The molecule has 1 aliphatic heterocycles. The lowest BCUT2D eigenvalue weighted by atomic mass is 10.2. The number of sulfonamides is 1. The molecule has 1 fully saturated rings. The lowest BCUT2D eigenvalue weighted by Crippen LogP contribution is -2.53. The average Bonchev–Trinajstić information content (AvgIpc) is 2.62. The number of rotatable bonds is 3. The fraction of sp³-hybridized carbons (Fsp3) is 0.278. The van der Waals surface area contributed by atoms with Crippen molar-refractivity contribution in [3.05, 3.63) is 60.2 Å². The molecule has 0 saturated carbocycles. The van der Waals surface area contributed by atoms with Crippen molar-refractivity contribution in [2.24, 2.45) is 0 Å². The molecule has 0 N–H and O–H groups in total. The van der Waals surface area contributed by atoms with E-state index in [1.54, 1.807) is 12.1 Å². The van der Waals surface area contributed by atoms with Crippen LogP contribution in [0.3, 0.4) is 0 Å². The molecule has 1 heterocycles. The third kappa shape index (κ3) is 3.01. The fourth-order valence-electron chi connectivity index (χ4n) is 3.07. The molecule has 24 heavy (non-hydrogen) atoms. The summed E-state index contributed by atoms with van der Waals surface area (Å²) in [6, 6.07) is 18.4. The third-order valence-electron chi connectivity index (χ3n) is 4.30. The van der Waals surface area contributed by atoms with Crippen molar-refractivity contribution in [2.75, 3.05) is 24.5 Å². The number of anilines is 1. The van der Waals surface area contributed by atoms with E-state index in [0.717, 1.165) is 5.69 Å². The van der Waals surface area contributed by atoms with Gasteiger partial charge in [0.25, 0.3) is 0 Å². The number of para-hydroxylation sites is 1. The molecule has 1 unspecified atom stereocenters. The summed E-state index contributed by atoms with van der Waals surface area (Å²) in [5.74, 6) is 0. The van der Waals surface area contributed by atoms with Gasteiger partial charge in [-0.05, 0) is 31.2 Å². The van der Waals surface area contributed by atoms with Crippen molar-refractivity contribution in [3.8, 4) is 6.07 Å². The molecule has 1 atom stereocenters. The van der Waals surface area contributed by atoms with Gasteiger partial charge in [0.15, 0.2) is 0 Å². The molecule has 0 amide bonds. The molecule has 1 aliphatic rings. The van der Waals surface area contributed by atoms with Gasteiger partial charge in [0, 0.05) is 31.4 Å². The zero-order valence-electron chi connectivity index (χ0n) is 13.5. The molecule has 0 radical (unpaired) electrons. The summed E-state index contributed by atoms with van der Waals surface area (Å²) in [6.45, 7) is 3.45. The van der Waals surface area contributed by atoms with E-state index in [1.165, 1.54) is 16.4 Å². The molecule has 5 nitrogen and oxygen atoms in total. The van der Waals surface area contributed by atoms with Gasteiger partial charge in [-0.15, -0.1) is 0 Å². The van der Waals surface area contributed by atoms with Crippen LogP contribution in [-0.4, -0.2) is 38.4 Å². The van der Waals surface area contributed by atoms with Crippen LogP contribution >= 0.6 is 0 Å². The van der Waals surface area contributed by atoms with Crippen LogP contribution in [0, 0.1) is 11.3 Å². The van der Waals surface area contributed by atoms with E-state index in [9.17, 15) is 13.7 Å². The van der Waals surface area contributed by atoms with Crippen LogP contribution in [0.1, 0.15) is 12.5 Å². The van der Waals surface area contributed by atoms with Gasteiger partial charge in [0.05, 0.1) is 10.5 Å². The van der Waals surface area contributed by atoms with Gasteiger partial charge in [-0.2, -0.15) is 9.57 Å². The van der Waals surface area contributed by atoms with Crippen molar-refractivity contribution in [3.63, 3.8) is 0 Å². The standard InChI is InChI=1S/C18H19N3O2S/c1-15-14-20(11-12-21(15)17-8-3-2-4-9-17)24(22,23)18-10-6-5-7-16(18)13-19/h2-10,15H,11-12,14H2,1H3. The predicted octanol–water partition coefficient (Wildman–Crippen LogP) is 2.46. The summed E-state index contributed by atoms with van der Waals surface area (Å²) in [4.78, 5) is 2.30. The summed E-state index contributed by atoms with van der Waals surface area (Å²) in [5.41, 5.74) is 1.29. The monoisotopic (exact) mass is 341 g/mol. The zero-order chi connectivity index (χ0) is 17.2. The first-order valence-corrected chi connectivity index (χ1v) is 9.29. The van der Waals surface area contributed by atoms with Crippen LogP contribution in [0.15, 0.2) is 59.5 Å². The number of benzene rings is 2. The summed E-state index contributed by atoms with van der Waals surface area (Å²) < 4.78 is 27.3. The molecule has 0 spiro atoms. The lowest BCUT2D eigenvalue weighted by Gasteiger charge is -2.40. The van der Waals surface area contributed by atoms with E-state index >= 15 is 0 Å². The van der Waals surface area contributed by atoms with Gasteiger partial charge in [0.1, 0.15) is 6.07 Å². The molecular formula is C18H19N3O2S. The number of nitrogens with zero attached hydrogens (tertiary/aromatic N) is 3. The minimum atomic E-state index is -3.66. The smallest absolute Gasteiger partial charge is 0.244 e. The van der Waals surface area contributed by atoms with E-state index in [0.29, 0.717) is 19.6 Å². The van der Waals surface area contributed by atoms with Gasteiger partial charge in [0.2, 0.25) is 10.0 Å². The van der Waals surface area contributed by atoms with Crippen LogP contribution in [0.4, 0.5) is 5.69 Å². The molecule has 0 bridgehead atoms. The van der Waals surface area contributed by atoms with Gasteiger partial charge < -0.3 is 4.90 Å². The van der Waals surface area contributed by atoms with Crippen LogP contribution in [0.2, 0.25) is 0 Å². The van der Waals surface area contributed by atoms with Crippen molar-refractivity contribution in [1.82, 2.24) is 4.31 Å². The first-order valence-electron chi connectivity index (χ1n) is 7.85. The van der Waals surface area contributed by atoms with Gasteiger partial charge in [-0.25, -0.2) is 8.42 Å². The fourth-order valence-corrected chi connectivity index (χ4v) is 4.72. The van der Waals surface area contributed by atoms with Crippen molar-refractivity contribution in [1.29, 1.82) is 5.26 Å². The summed E-state index contributed by atoms with van der Waals surface area (Å²) in [5, 5.41) is 9.18. The zero-order valence-corrected chi connectivity index (χ0v) is 14.3. The Balaban J connectivity index is 1.84. The second-order valence-corrected chi connectivity index (χ2v) is 7.76. The molecule has 124 valence electrons. The Morgan fingerprint density at radius 1 is 1.04 bits per heavy atom. The second-order valence-electron chi connectivity index (χ2n) is 5.85. The first kappa shape index (κ1) is 16.5. The number of piperazine rings is 1. The summed E-state index contributed by atoms with van der Waals surface area (Å²) >= 11 is 0. The molecule has 0 aromatic heterocycles. The minimum absolute atomic E-state index is 0.0603. The van der Waals surface area contributed by atoms with Crippen LogP contribution < -0.4 is 4.90 Å². The Bertz CT molecular complexity index is 859. The Morgan fingerprint density at radius 2 is 1.71 bits per heavy atom. The quantitative estimate of drug-likeness (QED) is 0.860. The number of nitriles is 1. The molecule has 6 heteroatoms. The van der Waals surface area contributed by atoms with E-state index in [-0.39, 0.29) is 16.5 Å². The van der Waals surface area contributed by atoms with Crippen LogP contribution in [-0.2, 0) is 10.0 Å².